The Labute approximate surface area is 285 Å². The molecule has 1 amide bonds. The van der Waals surface area contributed by atoms with Gasteiger partial charge in [-0.25, -0.2) is 0 Å². The molecule has 0 spiro atoms. The molecule has 0 aliphatic carbocycles. The first-order valence-corrected chi connectivity index (χ1v) is 19.0. The van der Waals surface area contributed by atoms with Crippen molar-refractivity contribution in [3.8, 4) is 0 Å². The minimum Gasteiger partial charge on any atom is -0.394 e. The Morgan fingerprint density at radius 3 is 1.72 bits per heavy atom. The zero-order valence-corrected chi connectivity index (χ0v) is 29.7. The highest BCUT2D eigenvalue weighted by Crippen LogP contribution is 2.22. The van der Waals surface area contributed by atoms with E-state index in [-0.39, 0.29) is 6.61 Å². The Morgan fingerprint density at radius 2 is 1.21 bits per heavy atom. The zero-order valence-electron chi connectivity index (χ0n) is 29.7. The molecule has 1 aliphatic heterocycles. The maximum absolute atomic E-state index is 12.9. The zero-order chi connectivity index (χ0) is 34.7. The quantitative estimate of drug-likeness (QED) is 0.0401. The van der Waals surface area contributed by atoms with Crippen LogP contribution in [0.25, 0.3) is 0 Å². The predicted molar refractivity (Wildman–Crippen MR) is 186 cm³/mol. The van der Waals surface area contributed by atoms with E-state index in [1.165, 1.54) is 89.9 Å². The molecule has 10 nitrogen and oxygen atoms in total. The number of hydrogen-bond donors (Lipinski definition) is 7. The molecular formula is C37H71NO9. The standard InChI is InChI=1S/C37H71NO9/c1-3-5-7-9-11-13-15-17-19-21-23-25-30(40)29(28-46-37-35(44)34(43)33(42)32(27-39)47-37)38-36(45)31(41)26-24-22-20-18-16-14-12-10-8-6-4-2/h23,25,29-35,37,39-44H,3-22,24,26-28H2,1-2H3,(H,38,45)/b25-23+. The van der Waals surface area contributed by atoms with Crippen molar-refractivity contribution < 1.29 is 44.9 Å². The number of amides is 1. The van der Waals surface area contributed by atoms with Gasteiger partial charge in [-0.3, -0.25) is 4.79 Å². The molecule has 8 atom stereocenters. The average Bonchev–Trinajstić information content (AvgIpc) is 3.07. The molecule has 1 fully saturated rings. The summed E-state index contributed by atoms with van der Waals surface area (Å²) in [5.74, 6) is -0.620. The van der Waals surface area contributed by atoms with E-state index in [9.17, 15) is 35.4 Å². The first-order valence-electron chi connectivity index (χ1n) is 19.0. The number of ether oxygens (including phenoxy) is 2. The highest BCUT2D eigenvalue weighted by Gasteiger charge is 2.44. The maximum Gasteiger partial charge on any atom is 0.249 e. The molecule has 0 aromatic carbocycles. The van der Waals surface area contributed by atoms with Gasteiger partial charge >= 0.3 is 0 Å². The van der Waals surface area contributed by atoms with Gasteiger partial charge in [-0.05, 0) is 19.3 Å². The molecule has 0 aromatic heterocycles. The largest absolute Gasteiger partial charge is 0.394 e. The fourth-order valence-electron chi connectivity index (χ4n) is 5.98. The second kappa shape index (κ2) is 28.7. The van der Waals surface area contributed by atoms with Gasteiger partial charge in [0.2, 0.25) is 5.91 Å². The van der Waals surface area contributed by atoms with Crippen molar-refractivity contribution in [2.45, 2.75) is 204 Å². The van der Waals surface area contributed by atoms with Crippen molar-refractivity contribution in [1.82, 2.24) is 5.32 Å². The van der Waals surface area contributed by atoms with Crippen molar-refractivity contribution in [3.05, 3.63) is 12.2 Å². The Morgan fingerprint density at radius 1 is 0.723 bits per heavy atom. The number of hydrogen-bond acceptors (Lipinski definition) is 9. The second-order valence-corrected chi connectivity index (χ2v) is 13.5. The first-order chi connectivity index (χ1) is 22.8. The minimum atomic E-state index is -1.60. The van der Waals surface area contributed by atoms with Gasteiger partial charge in [0.15, 0.2) is 6.29 Å². The van der Waals surface area contributed by atoms with E-state index in [4.69, 9.17) is 9.47 Å². The van der Waals surface area contributed by atoms with Crippen LogP contribution < -0.4 is 5.32 Å². The van der Waals surface area contributed by atoms with E-state index in [1.807, 2.05) is 6.08 Å². The second-order valence-electron chi connectivity index (χ2n) is 13.5. The number of rotatable bonds is 30. The molecule has 0 aromatic rings. The molecule has 1 aliphatic rings. The minimum absolute atomic E-state index is 0.302. The predicted octanol–water partition coefficient (Wildman–Crippen LogP) is 5.19. The van der Waals surface area contributed by atoms with Gasteiger partial charge in [0, 0.05) is 0 Å². The van der Waals surface area contributed by atoms with Crippen LogP contribution in [0.15, 0.2) is 12.2 Å². The number of nitrogens with one attached hydrogen (secondary N) is 1. The summed E-state index contributed by atoms with van der Waals surface area (Å²) in [6.45, 7) is 3.55. The maximum atomic E-state index is 12.9. The van der Waals surface area contributed by atoms with Crippen LogP contribution in [0.4, 0.5) is 0 Å². The third kappa shape index (κ3) is 20.2. The number of unbranched alkanes of at least 4 members (excludes halogenated alkanes) is 19. The molecular weight excluding hydrogens is 602 g/mol. The SMILES string of the molecule is CCCCCCCCCCC/C=C/C(O)C(COC1OC(CO)C(O)C(O)C1O)NC(=O)C(O)CCCCCCCCCCCCC. The fraction of sp³-hybridized carbons (Fsp3) is 0.919. The normalized spacial score (nSPS) is 23.6. The van der Waals surface area contributed by atoms with Crippen LogP contribution in [-0.2, 0) is 14.3 Å². The molecule has 10 heteroatoms. The number of aliphatic hydroxyl groups is 6. The Hall–Kier alpha value is -1.11. The van der Waals surface area contributed by atoms with E-state index in [1.54, 1.807) is 6.08 Å². The fourth-order valence-corrected chi connectivity index (χ4v) is 5.98. The summed E-state index contributed by atoms with van der Waals surface area (Å²) in [5, 5.41) is 64.2. The number of carbonyl (C=O) groups is 1. The lowest BCUT2D eigenvalue weighted by molar-refractivity contribution is -0.302. The Bertz CT molecular complexity index is 768. The topological polar surface area (TPSA) is 169 Å². The molecule has 47 heavy (non-hydrogen) atoms. The van der Waals surface area contributed by atoms with Gasteiger partial charge in [-0.1, -0.05) is 148 Å². The average molecular weight is 674 g/mol. The summed E-state index contributed by atoms with van der Waals surface area (Å²) in [4.78, 5) is 12.9. The van der Waals surface area contributed by atoms with E-state index in [2.05, 4.69) is 19.2 Å². The molecule has 0 bridgehead atoms. The lowest BCUT2D eigenvalue weighted by Crippen LogP contribution is -2.60. The third-order valence-electron chi connectivity index (χ3n) is 9.22. The van der Waals surface area contributed by atoms with Gasteiger partial charge in [-0.2, -0.15) is 0 Å². The monoisotopic (exact) mass is 674 g/mol. The highest BCUT2D eigenvalue weighted by molar-refractivity contribution is 5.80. The number of carbonyl (C=O) groups excluding carboxylic acids is 1. The van der Waals surface area contributed by atoms with Crippen molar-refractivity contribution in [2.75, 3.05) is 13.2 Å². The van der Waals surface area contributed by atoms with E-state index >= 15 is 0 Å². The summed E-state index contributed by atoms with van der Waals surface area (Å²) in [5.41, 5.74) is 0. The summed E-state index contributed by atoms with van der Waals surface area (Å²) in [7, 11) is 0. The summed E-state index contributed by atoms with van der Waals surface area (Å²) in [6, 6.07) is -0.971. The molecule has 7 N–H and O–H groups in total. The Kier molecular flexibility index (Phi) is 26.8. The summed E-state index contributed by atoms with van der Waals surface area (Å²) < 4.78 is 11.1. The van der Waals surface area contributed by atoms with Crippen LogP contribution in [0, 0.1) is 0 Å². The van der Waals surface area contributed by atoms with Crippen molar-refractivity contribution in [3.63, 3.8) is 0 Å². The van der Waals surface area contributed by atoms with Crippen LogP contribution in [0.1, 0.15) is 155 Å². The summed E-state index contributed by atoms with van der Waals surface area (Å²) >= 11 is 0. The van der Waals surface area contributed by atoms with Gasteiger partial charge < -0.3 is 45.4 Å². The van der Waals surface area contributed by atoms with E-state index < -0.39 is 61.5 Å². The highest BCUT2D eigenvalue weighted by atomic mass is 16.7. The smallest absolute Gasteiger partial charge is 0.249 e. The lowest BCUT2D eigenvalue weighted by Gasteiger charge is -2.40. The van der Waals surface area contributed by atoms with Crippen LogP contribution in [-0.4, -0.2) is 98.7 Å². The van der Waals surface area contributed by atoms with Crippen molar-refractivity contribution in [2.24, 2.45) is 0 Å². The number of aliphatic hydroxyl groups excluding tert-OH is 6. The van der Waals surface area contributed by atoms with E-state index in [0.717, 1.165) is 44.9 Å². The summed E-state index contributed by atoms with van der Waals surface area (Å²) in [6.07, 6.45) is 18.8. The van der Waals surface area contributed by atoms with Crippen LogP contribution >= 0.6 is 0 Å². The van der Waals surface area contributed by atoms with Gasteiger partial charge in [0.05, 0.1) is 25.4 Å². The van der Waals surface area contributed by atoms with Crippen LogP contribution in [0.5, 0.6) is 0 Å². The molecule has 0 saturated carbocycles. The molecule has 1 saturated heterocycles. The van der Waals surface area contributed by atoms with Gasteiger partial charge in [0.25, 0.3) is 0 Å². The lowest BCUT2D eigenvalue weighted by atomic mass is 9.99. The number of allylic oxidation sites excluding steroid dienone is 1. The molecule has 0 radical (unpaired) electrons. The Balaban J connectivity index is 2.55. The first kappa shape index (κ1) is 43.9. The molecule has 1 rings (SSSR count). The van der Waals surface area contributed by atoms with E-state index in [0.29, 0.717) is 6.42 Å². The molecule has 8 unspecified atom stereocenters. The molecule has 1 heterocycles. The van der Waals surface area contributed by atoms with Crippen LogP contribution in [0.2, 0.25) is 0 Å². The van der Waals surface area contributed by atoms with Crippen LogP contribution in [0.3, 0.4) is 0 Å². The third-order valence-corrected chi connectivity index (χ3v) is 9.22. The molecule has 278 valence electrons. The van der Waals surface area contributed by atoms with Gasteiger partial charge in [-0.15, -0.1) is 0 Å². The van der Waals surface area contributed by atoms with Crippen molar-refractivity contribution >= 4 is 5.91 Å². The van der Waals surface area contributed by atoms with Gasteiger partial charge in [0.1, 0.15) is 30.5 Å². The van der Waals surface area contributed by atoms with Crippen molar-refractivity contribution in [1.29, 1.82) is 0 Å².